The minimum Gasteiger partial charge on any atom is -0.484 e. The molecule has 24 heavy (non-hydrogen) atoms. The van der Waals surface area contributed by atoms with Crippen LogP contribution in [0.5, 0.6) is 5.75 Å². The summed E-state index contributed by atoms with van der Waals surface area (Å²) in [6, 6.07) is 6.71. The van der Waals surface area contributed by atoms with Crippen LogP contribution in [0, 0.1) is 11.8 Å². The quantitative estimate of drug-likeness (QED) is 0.671. The summed E-state index contributed by atoms with van der Waals surface area (Å²) < 4.78 is 5.31. The Kier molecular flexibility index (Phi) is 6.87. The predicted molar refractivity (Wildman–Crippen MR) is 91.7 cm³/mol. The number of rotatable bonds is 5. The van der Waals surface area contributed by atoms with E-state index in [9.17, 15) is 9.59 Å². The molecular weight excluding hydrogens is 330 g/mol. The van der Waals surface area contributed by atoms with Crippen molar-refractivity contribution in [3.05, 3.63) is 29.3 Å². The number of hydrogen-bond donors (Lipinski definition) is 3. The van der Waals surface area contributed by atoms with Gasteiger partial charge in [0.1, 0.15) is 5.75 Å². The molecular formula is C17H25ClN3O3+. The second kappa shape index (κ2) is 8.89. The molecule has 1 heterocycles. The van der Waals surface area contributed by atoms with Gasteiger partial charge < -0.3 is 9.64 Å². The summed E-state index contributed by atoms with van der Waals surface area (Å²) in [7, 11) is 0. The van der Waals surface area contributed by atoms with Crippen molar-refractivity contribution in [3.8, 4) is 5.75 Å². The van der Waals surface area contributed by atoms with Crippen LogP contribution in [0.3, 0.4) is 0 Å². The van der Waals surface area contributed by atoms with E-state index in [1.54, 1.807) is 24.3 Å². The van der Waals surface area contributed by atoms with Gasteiger partial charge in [0.2, 0.25) is 0 Å². The zero-order chi connectivity index (χ0) is 17.5. The number of hydrogen-bond acceptors (Lipinski definition) is 3. The van der Waals surface area contributed by atoms with Crippen molar-refractivity contribution in [1.82, 2.24) is 10.9 Å². The number of halogens is 1. The third kappa shape index (κ3) is 6.37. The number of carbonyl (C=O) groups is 2. The van der Waals surface area contributed by atoms with E-state index in [4.69, 9.17) is 16.3 Å². The maximum absolute atomic E-state index is 11.9. The highest BCUT2D eigenvalue weighted by Crippen LogP contribution is 2.15. The molecule has 2 amide bonds. The maximum atomic E-state index is 11.9. The number of carbonyl (C=O) groups excluding carboxylic acids is 2. The van der Waals surface area contributed by atoms with Gasteiger partial charge in [-0.2, -0.15) is 0 Å². The fourth-order valence-corrected chi connectivity index (χ4v) is 3.32. The van der Waals surface area contributed by atoms with Crippen LogP contribution in [0.2, 0.25) is 5.02 Å². The number of likely N-dealkylation sites (tertiary alicyclic amines) is 1. The Balaban J connectivity index is 1.65. The minimum absolute atomic E-state index is 0.174. The Morgan fingerprint density at radius 1 is 1.12 bits per heavy atom. The van der Waals surface area contributed by atoms with Crippen molar-refractivity contribution >= 4 is 23.4 Å². The first-order valence-electron chi connectivity index (χ1n) is 8.22. The minimum atomic E-state index is -0.409. The highest BCUT2D eigenvalue weighted by molar-refractivity contribution is 6.30. The van der Waals surface area contributed by atoms with Gasteiger partial charge in [-0.1, -0.05) is 25.4 Å². The molecule has 0 aromatic heterocycles. The molecule has 1 aliphatic heterocycles. The summed E-state index contributed by atoms with van der Waals surface area (Å²) in [5, 5.41) is 0.600. The van der Waals surface area contributed by atoms with Gasteiger partial charge in [-0.25, -0.2) is 0 Å². The maximum Gasteiger partial charge on any atom is 0.293 e. The molecule has 1 unspecified atom stereocenters. The summed E-state index contributed by atoms with van der Waals surface area (Å²) in [5.74, 6) is 1.19. The van der Waals surface area contributed by atoms with Crippen molar-refractivity contribution in [2.24, 2.45) is 11.8 Å². The van der Waals surface area contributed by atoms with E-state index in [0.29, 0.717) is 29.2 Å². The topological polar surface area (TPSA) is 71.9 Å². The first-order valence-corrected chi connectivity index (χ1v) is 8.59. The van der Waals surface area contributed by atoms with Crippen LogP contribution in [0.15, 0.2) is 24.3 Å². The number of nitrogens with one attached hydrogen (secondary N) is 3. The van der Waals surface area contributed by atoms with Gasteiger partial charge in [-0.15, -0.1) is 0 Å². The van der Waals surface area contributed by atoms with E-state index >= 15 is 0 Å². The fourth-order valence-electron chi connectivity index (χ4n) is 3.19. The fraction of sp³-hybridized carbons (Fsp3) is 0.529. The molecule has 2 rings (SSSR count). The molecule has 1 saturated heterocycles. The molecule has 0 bridgehead atoms. The molecule has 0 spiro atoms. The molecule has 0 aliphatic carbocycles. The molecule has 0 saturated carbocycles. The lowest BCUT2D eigenvalue weighted by Gasteiger charge is -2.31. The molecule has 6 nitrogen and oxygen atoms in total. The molecule has 3 atom stereocenters. The third-order valence-corrected chi connectivity index (χ3v) is 4.27. The number of hydrazine groups is 1. The van der Waals surface area contributed by atoms with Crippen molar-refractivity contribution in [1.29, 1.82) is 0 Å². The van der Waals surface area contributed by atoms with E-state index in [-0.39, 0.29) is 12.5 Å². The first kappa shape index (κ1) is 18.5. The van der Waals surface area contributed by atoms with Crippen LogP contribution in [-0.4, -0.2) is 38.1 Å². The van der Waals surface area contributed by atoms with Gasteiger partial charge in [0.05, 0.1) is 13.1 Å². The van der Waals surface area contributed by atoms with Gasteiger partial charge >= 0.3 is 0 Å². The van der Waals surface area contributed by atoms with Crippen LogP contribution >= 0.6 is 11.6 Å². The Morgan fingerprint density at radius 3 is 2.33 bits per heavy atom. The average molecular weight is 355 g/mol. The number of quaternary nitrogens is 1. The molecule has 1 aromatic rings. The van der Waals surface area contributed by atoms with E-state index in [1.165, 1.54) is 11.3 Å². The lowest BCUT2D eigenvalue weighted by Crippen LogP contribution is -3.15. The molecule has 1 fully saturated rings. The molecule has 132 valence electrons. The van der Waals surface area contributed by atoms with E-state index in [1.807, 2.05) is 0 Å². The van der Waals surface area contributed by atoms with E-state index < -0.39 is 5.91 Å². The van der Waals surface area contributed by atoms with Gasteiger partial charge in [0.25, 0.3) is 11.8 Å². The molecule has 1 aromatic carbocycles. The Morgan fingerprint density at radius 2 is 1.71 bits per heavy atom. The van der Waals surface area contributed by atoms with Gasteiger partial charge in [-0.05, 0) is 30.7 Å². The van der Waals surface area contributed by atoms with Crippen molar-refractivity contribution in [3.63, 3.8) is 0 Å². The van der Waals surface area contributed by atoms with Crippen LogP contribution < -0.4 is 20.5 Å². The molecule has 1 aliphatic rings. The number of piperidine rings is 1. The standard InChI is InChI=1S/C17H24ClN3O3/c1-12-7-13(2)9-21(8-12)10-16(22)19-20-17(23)11-24-15-5-3-14(18)4-6-15/h3-6,12-13H,7-11H2,1-2H3,(H,19,22)(H,20,23)/p+1/t12-,13+. The Bertz CT molecular complexity index is 555. The van der Waals surface area contributed by atoms with E-state index in [0.717, 1.165) is 13.1 Å². The predicted octanol–water partition coefficient (Wildman–Crippen LogP) is 0.427. The summed E-state index contributed by atoms with van der Waals surface area (Å²) in [5.41, 5.74) is 4.82. The normalized spacial score (nSPS) is 23.4. The van der Waals surface area contributed by atoms with Crippen molar-refractivity contribution < 1.29 is 19.2 Å². The zero-order valence-corrected chi connectivity index (χ0v) is 14.9. The lowest BCUT2D eigenvalue weighted by atomic mass is 9.92. The van der Waals surface area contributed by atoms with Crippen LogP contribution in [0.25, 0.3) is 0 Å². The SMILES string of the molecule is C[C@@H]1C[C@H](C)C[NH+](CC(=O)NNC(=O)COc2ccc(Cl)cc2)C1. The smallest absolute Gasteiger partial charge is 0.293 e. The molecule has 3 N–H and O–H groups in total. The zero-order valence-electron chi connectivity index (χ0n) is 14.1. The van der Waals surface area contributed by atoms with Gasteiger partial charge in [-0.3, -0.25) is 20.4 Å². The Hall–Kier alpha value is -1.79. The van der Waals surface area contributed by atoms with Gasteiger partial charge in [0.15, 0.2) is 13.2 Å². The number of amides is 2. The molecule has 0 radical (unpaired) electrons. The number of ether oxygens (including phenoxy) is 1. The monoisotopic (exact) mass is 354 g/mol. The van der Waals surface area contributed by atoms with Crippen LogP contribution in [-0.2, 0) is 9.59 Å². The van der Waals surface area contributed by atoms with Crippen molar-refractivity contribution in [2.75, 3.05) is 26.2 Å². The van der Waals surface area contributed by atoms with Crippen LogP contribution in [0.1, 0.15) is 20.3 Å². The highest BCUT2D eigenvalue weighted by atomic mass is 35.5. The first-order chi connectivity index (χ1) is 11.4. The Labute approximate surface area is 147 Å². The van der Waals surface area contributed by atoms with Gasteiger partial charge in [0, 0.05) is 16.9 Å². The lowest BCUT2D eigenvalue weighted by molar-refractivity contribution is -0.904. The van der Waals surface area contributed by atoms with E-state index in [2.05, 4.69) is 24.7 Å². The largest absolute Gasteiger partial charge is 0.484 e. The average Bonchev–Trinajstić information content (AvgIpc) is 2.51. The third-order valence-electron chi connectivity index (χ3n) is 4.01. The second-order valence-electron chi connectivity index (χ2n) is 6.62. The summed E-state index contributed by atoms with van der Waals surface area (Å²) in [6.07, 6.45) is 1.21. The summed E-state index contributed by atoms with van der Waals surface area (Å²) in [4.78, 5) is 24.9. The molecule has 7 heteroatoms. The second-order valence-corrected chi connectivity index (χ2v) is 7.06. The number of benzene rings is 1. The highest BCUT2D eigenvalue weighted by Gasteiger charge is 2.26. The van der Waals surface area contributed by atoms with Crippen LogP contribution in [0.4, 0.5) is 0 Å². The van der Waals surface area contributed by atoms with Crippen molar-refractivity contribution in [2.45, 2.75) is 20.3 Å². The summed E-state index contributed by atoms with van der Waals surface area (Å²) in [6.45, 7) is 6.60. The summed E-state index contributed by atoms with van der Waals surface area (Å²) >= 11 is 5.77.